The Hall–Kier alpha value is -3.71. The number of halogens is 4. The minimum Gasteiger partial charge on any atom is -0.373 e. The molecule has 166 valence electrons. The first-order chi connectivity index (χ1) is 15.3. The molecule has 0 spiro atoms. The molecule has 4 rings (SSSR count). The summed E-state index contributed by atoms with van der Waals surface area (Å²) in [5.41, 5.74) is -1.37. The number of aromatic nitrogens is 7. The number of alkyl halides is 3. The van der Waals surface area contributed by atoms with Crippen molar-refractivity contribution in [2.75, 3.05) is 17.7 Å². The number of hydrogen-bond donors (Lipinski definition) is 3. The fourth-order valence-electron chi connectivity index (χ4n) is 2.92. The standard InChI is InChI=1S/C18H15ClF3N9O/c1-23-14-3-2-11(8-24-14)30-15(18(20,21)22)12(9-28-30)17(32)29-10-6-13(19)16(25-7-10)31-26-4-5-27-31/h2-9,17,29,32H,1H3,(H,23,24). The second-order valence-corrected chi connectivity index (χ2v) is 6.81. The van der Waals surface area contributed by atoms with E-state index < -0.39 is 23.7 Å². The Balaban J connectivity index is 1.64. The molecule has 0 fully saturated rings. The van der Waals surface area contributed by atoms with Crippen LogP contribution in [0.4, 0.5) is 24.7 Å². The van der Waals surface area contributed by atoms with E-state index in [9.17, 15) is 18.3 Å². The molecule has 1 unspecified atom stereocenters. The predicted octanol–water partition coefficient (Wildman–Crippen LogP) is 3.06. The van der Waals surface area contributed by atoms with Crippen LogP contribution in [0.5, 0.6) is 0 Å². The third-order valence-corrected chi connectivity index (χ3v) is 4.62. The minimum atomic E-state index is -4.80. The van der Waals surface area contributed by atoms with Gasteiger partial charge in [0.05, 0.1) is 52.9 Å². The SMILES string of the molecule is CNc1ccc(-n2ncc(C(O)Nc3cnc(-n4nccn4)c(Cl)c3)c2C(F)(F)F)cn1. The van der Waals surface area contributed by atoms with Crippen LogP contribution in [0.1, 0.15) is 17.5 Å². The molecular weight excluding hydrogens is 451 g/mol. The van der Waals surface area contributed by atoms with Crippen LogP contribution in [-0.2, 0) is 6.18 Å². The number of anilines is 2. The lowest BCUT2D eigenvalue weighted by atomic mass is 10.2. The monoisotopic (exact) mass is 465 g/mol. The highest BCUT2D eigenvalue weighted by atomic mass is 35.5. The Labute approximate surface area is 183 Å². The number of pyridine rings is 2. The van der Waals surface area contributed by atoms with Crippen molar-refractivity contribution < 1.29 is 18.3 Å². The maximum absolute atomic E-state index is 13.9. The van der Waals surface area contributed by atoms with Crippen LogP contribution in [0.15, 0.2) is 49.2 Å². The van der Waals surface area contributed by atoms with E-state index in [1.165, 1.54) is 47.8 Å². The highest BCUT2D eigenvalue weighted by molar-refractivity contribution is 6.32. The quantitative estimate of drug-likeness (QED) is 0.372. The fraction of sp³-hybridized carbons (Fsp3) is 0.167. The molecule has 0 aliphatic carbocycles. The van der Waals surface area contributed by atoms with Crippen molar-refractivity contribution in [3.8, 4) is 11.5 Å². The van der Waals surface area contributed by atoms with Gasteiger partial charge >= 0.3 is 6.18 Å². The summed E-state index contributed by atoms with van der Waals surface area (Å²) in [6.45, 7) is 0. The predicted molar refractivity (Wildman–Crippen MR) is 109 cm³/mol. The molecule has 0 aliphatic heterocycles. The van der Waals surface area contributed by atoms with Crippen LogP contribution >= 0.6 is 11.6 Å². The van der Waals surface area contributed by atoms with Gasteiger partial charge in [-0.15, -0.1) is 4.80 Å². The van der Waals surface area contributed by atoms with E-state index in [0.29, 0.717) is 10.5 Å². The molecule has 0 saturated heterocycles. The molecule has 1 atom stereocenters. The Kier molecular flexibility index (Phi) is 5.67. The van der Waals surface area contributed by atoms with Gasteiger partial charge < -0.3 is 15.7 Å². The van der Waals surface area contributed by atoms with E-state index in [1.54, 1.807) is 7.05 Å². The number of nitrogens with one attached hydrogen (secondary N) is 2. The first kappa shape index (κ1) is 21.5. The zero-order valence-electron chi connectivity index (χ0n) is 16.3. The molecular formula is C18H15ClF3N9O. The Morgan fingerprint density at radius 2 is 1.81 bits per heavy atom. The zero-order chi connectivity index (χ0) is 22.9. The lowest BCUT2D eigenvalue weighted by Gasteiger charge is -2.18. The number of hydrogen-bond acceptors (Lipinski definition) is 8. The molecule has 32 heavy (non-hydrogen) atoms. The molecule has 3 N–H and O–H groups in total. The van der Waals surface area contributed by atoms with Crippen LogP contribution < -0.4 is 10.6 Å². The van der Waals surface area contributed by atoms with E-state index in [0.717, 1.165) is 6.20 Å². The maximum atomic E-state index is 13.9. The molecule has 0 aliphatic rings. The van der Waals surface area contributed by atoms with Crippen molar-refractivity contribution in [3.63, 3.8) is 0 Å². The van der Waals surface area contributed by atoms with Crippen molar-refractivity contribution in [2.24, 2.45) is 0 Å². The highest BCUT2D eigenvalue weighted by Crippen LogP contribution is 2.36. The molecule has 14 heteroatoms. The average molecular weight is 466 g/mol. The normalized spacial score (nSPS) is 12.6. The Morgan fingerprint density at radius 1 is 1.06 bits per heavy atom. The van der Waals surface area contributed by atoms with Gasteiger partial charge in [-0.3, -0.25) is 0 Å². The van der Waals surface area contributed by atoms with Crippen LogP contribution in [0.3, 0.4) is 0 Å². The minimum absolute atomic E-state index is 0.0792. The lowest BCUT2D eigenvalue weighted by Crippen LogP contribution is -2.19. The summed E-state index contributed by atoms with van der Waals surface area (Å²) in [4.78, 5) is 9.27. The molecule has 4 aromatic rings. The van der Waals surface area contributed by atoms with Crippen LogP contribution in [-0.4, -0.2) is 46.9 Å². The molecule has 0 aromatic carbocycles. The van der Waals surface area contributed by atoms with Gasteiger partial charge in [-0.25, -0.2) is 14.6 Å². The molecule has 0 saturated carbocycles. The van der Waals surface area contributed by atoms with Gasteiger partial charge in [0.1, 0.15) is 5.82 Å². The van der Waals surface area contributed by atoms with Crippen molar-refractivity contribution >= 4 is 23.1 Å². The number of nitrogens with zero attached hydrogens (tertiary/aromatic N) is 7. The average Bonchev–Trinajstić information content (AvgIpc) is 3.44. The van der Waals surface area contributed by atoms with Crippen molar-refractivity contribution in [3.05, 3.63) is 65.5 Å². The van der Waals surface area contributed by atoms with Crippen molar-refractivity contribution in [1.82, 2.24) is 34.7 Å². The third kappa shape index (κ3) is 4.20. The van der Waals surface area contributed by atoms with Crippen molar-refractivity contribution in [2.45, 2.75) is 12.4 Å². The van der Waals surface area contributed by atoms with E-state index in [1.807, 2.05) is 0 Å². The maximum Gasteiger partial charge on any atom is 0.433 e. The first-order valence-corrected chi connectivity index (χ1v) is 9.42. The first-order valence-electron chi connectivity index (χ1n) is 9.04. The van der Waals surface area contributed by atoms with E-state index in [4.69, 9.17) is 11.6 Å². The topological polar surface area (TPSA) is 119 Å². The second-order valence-electron chi connectivity index (χ2n) is 6.40. The third-order valence-electron chi connectivity index (χ3n) is 4.34. The highest BCUT2D eigenvalue weighted by Gasteiger charge is 2.40. The summed E-state index contributed by atoms with van der Waals surface area (Å²) in [6.07, 6.45) is -0.227. The van der Waals surface area contributed by atoms with Gasteiger partial charge in [0, 0.05) is 7.05 Å². The van der Waals surface area contributed by atoms with E-state index in [-0.39, 0.29) is 22.2 Å². The number of rotatable bonds is 6. The smallest absolute Gasteiger partial charge is 0.373 e. The lowest BCUT2D eigenvalue weighted by molar-refractivity contribution is -0.144. The second kappa shape index (κ2) is 8.43. The van der Waals surface area contributed by atoms with Crippen LogP contribution in [0.2, 0.25) is 5.02 Å². The summed E-state index contributed by atoms with van der Waals surface area (Å²) < 4.78 is 42.3. The van der Waals surface area contributed by atoms with Gasteiger partial charge in [-0.1, -0.05) is 11.6 Å². The molecule has 0 radical (unpaired) electrons. The van der Waals surface area contributed by atoms with Gasteiger partial charge in [0.15, 0.2) is 17.7 Å². The molecule has 0 bridgehead atoms. The molecule has 4 heterocycles. The summed E-state index contributed by atoms with van der Waals surface area (Å²) in [5, 5.41) is 27.6. The summed E-state index contributed by atoms with van der Waals surface area (Å²) in [6, 6.07) is 4.32. The zero-order valence-corrected chi connectivity index (χ0v) is 17.0. The van der Waals surface area contributed by atoms with E-state index in [2.05, 4.69) is 35.9 Å². The van der Waals surface area contributed by atoms with E-state index >= 15 is 0 Å². The summed E-state index contributed by atoms with van der Waals surface area (Å²) >= 11 is 6.17. The fourth-order valence-corrected chi connectivity index (χ4v) is 3.16. The van der Waals surface area contributed by atoms with Gasteiger partial charge in [0.2, 0.25) is 0 Å². The van der Waals surface area contributed by atoms with Gasteiger partial charge in [-0.05, 0) is 18.2 Å². The van der Waals surface area contributed by atoms with Gasteiger partial charge in [-0.2, -0.15) is 28.5 Å². The molecule has 4 aromatic heterocycles. The van der Waals surface area contributed by atoms with Crippen LogP contribution in [0, 0.1) is 0 Å². The Morgan fingerprint density at radius 3 is 2.41 bits per heavy atom. The largest absolute Gasteiger partial charge is 0.433 e. The van der Waals surface area contributed by atoms with Crippen LogP contribution in [0.25, 0.3) is 11.5 Å². The Bertz CT molecular complexity index is 1210. The number of aliphatic hydroxyl groups is 1. The summed E-state index contributed by atoms with van der Waals surface area (Å²) in [5.74, 6) is 0.701. The van der Waals surface area contributed by atoms with Gasteiger partial charge in [0.25, 0.3) is 0 Å². The number of aliphatic hydroxyl groups excluding tert-OH is 1. The summed E-state index contributed by atoms with van der Waals surface area (Å²) in [7, 11) is 1.64. The van der Waals surface area contributed by atoms with Crippen molar-refractivity contribution in [1.29, 1.82) is 0 Å². The molecule has 0 amide bonds. The molecule has 10 nitrogen and oxygen atoms in total.